The number of benzene rings is 7. The van der Waals surface area contributed by atoms with Gasteiger partial charge in [-0.05, 0) is 69.4 Å². The van der Waals surface area contributed by atoms with Crippen LogP contribution in [0.4, 0.5) is 0 Å². The highest BCUT2D eigenvalue weighted by Gasteiger charge is 2.23. The van der Waals surface area contributed by atoms with Crippen LogP contribution in [0.5, 0.6) is 0 Å². The Morgan fingerprint density at radius 3 is 1.98 bits per heavy atom. The molecule has 0 bridgehead atoms. The molecule has 0 aliphatic heterocycles. The molecule has 11 rings (SSSR count). The molecule has 0 spiro atoms. The van der Waals surface area contributed by atoms with E-state index in [2.05, 4.69) is 109 Å². The van der Waals surface area contributed by atoms with Crippen molar-refractivity contribution in [3.63, 3.8) is 0 Å². The Morgan fingerprint density at radius 1 is 0.396 bits per heavy atom. The van der Waals surface area contributed by atoms with Gasteiger partial charge in [-0.3, -0.25) is 0 Å². The quantitative estimate of drug-likeness (QED) is 0.195. The Hall–Kier alpha value is -6.17. The predicted octanol–water partition coefficient (Wildman–Crippen LogP) is 11.9. The van der Waals surface area contributed by atoms with E-state index in [-0.39, 0.29) is 0 Å². The van der Waals surface area contributed by atoms with Gasteiger partial charge in [0.05, 0.1) is 0 Å². The third kappa shape index (κ3) is 3.68. The number of hydrogen-bond acceptors (Lipinski definition) is 5. The normalized spacial score (nSPS) is 12.2. The van der Waals surface area contributed by atoms with E-state index >= 15 is 0 Å². The van der Waals surface area contributed by atoms with E-state index in [9.17, 15) is 0 Å². The molecule has 0 saturated heterocycles. The van der Waals surface area contributed by atoms with Crippen molar-refractivity contribution in [2.75, 3.05) is 0 Å². The maximum atomic E-state index is 6.27. The average molecular weight is 630 g/mol. The molecule has 4 nitrogen and oxygen atoms in total. The second-order valence-electron chi connectivity index (χ2n) is 12.4. The van der Waals surface area contributed by atoms with E-state index in [1.54, 1.807) is 11.3 Å². The first-order valence-electron chi connectivity index (χ1n) is 16.0. The van der Waals surface area contributed by atoms with Gasteiger partial charge in [0.1, 0.15) is 11.2 Å². The summed E-state index contributed by atoms with van der Waals surface area (Å²) < 4.78 is 8.75. The fourth-order valence-corrected chi connectivity index (χ4v) is 8.67. The Morgan fingerprint density at radius 2 is 1.06 bits per heavy atom. The smallest absolute Gasteiger partial charge is 0.164 e. The SMILES string of the molecule is c1ccc2c(c1)-c1cccc3cc(-c4nc(-c5ccc6c(c5)sc5ccccc56)nc(-c5cccc6oc7ccccc7c56)n4)cc-2c13. The van der Waals surface area contributed by atoms with Crippen LogP contribution in [0.1, 0.15) is 0 Å². The zero-order chi connectivity index (χ0) is 31.3. The minimum Gasteiger partial charge on any atom is -0.456 e. The summed E-state index contributed by atoms with van der Waals surface area (Å²) in [7, 11) is 0. The first-order valence-corrected chi connectivity index (χ1v) is 16.8. The van der Waals surface area contributed by atoms with Crippen molar-refractivity contribution >= 4 is 64.2 Å². The molecule has 222 valence electrons. The second kappa shape index (κ2) is 9.67. The molecule has 10 aromatic rings. The molecule has 3 heterocycles. The summed E-state index contributed by atoms with van der Waals surface area (Å²) in [5.74, 6) is 1.91. The molecule has 7 aromatic carbocycles. The van der Waals surface area contributed by atoms with Crippen LogP contribution in [0, 0.1) is 0 Å². The van der Waals surface area contributed by atoms with Gasteiger partial charge in [0.15, 0.2) is 17.5 Å². The third-order valence-corrected chi connectivity index (χ3v) is 10.8. The van der Waals surface area contributed by atoms with Gasteiger partial charge < -0.3 is 4.42 Å². The molecule has 1 aliphatic carbocycles. The monoisotopic (exact) mass is 629 g/mol. The fourth-order valence-electron chi connectivity index (χ4n) is 7.53. The van der Waals surface area contributed by atoms with E-state index in [4.69, 9.17) is 19.4 Å². The molecule has 3 aromatic heterocycles. The maximum absolute atomic E-state index is 6.27. The molecule has 0 atom stereocenters. The molecular formula is C43H23N3OS. The highest BCUT2D eigenvalue weighted by molar-refractivity contribution is 7.25. The van der Waals surface area contributed by atoms with Crippen molar-refractivity contribution in [3.05, 3.63) is 140 Å². The topological polar surface area (TPSA) is 51.8 Å². The molecule has 0 N–H and O–H groups in total. The van der Waals surface area contributed by atoms with Gasteiger partial charge in [-0.25, -0.2) is 15.0 Å². The minimum atomic E-state index is 0.620. The van der Waals surface area contributed by atoms with E-state index in [0.717, 1.165) is 38.6 Å². The van der Waals surface area contributed by atoms with E-state index in [0.29, 0.717) is 17.5 Å². The van der Waals surface area contributed by atoms with Gasteiger partial charge >= 0.3 is 0 Å². The number of para-hydroxylation sites is 1. The number of fused-ring (bicyclic) bond motifs is 9. The van der Waals surface area contributed by atoms with Crippen molar-refractivity contribution in [1.29, 1.82) is 0 Å². The van der Waals surface area contributed by atoms with E-state index in [1.807, 2.05) is 30.3 Å². The zero-order valence-corrected chi connectivity index (χ0v) is 26.3. The number of aromatic nitrogens is 3. The number of hydrogen-bond donors (Lipinski definition) is 0. The molecule has 48 heavy (non-hydrogen) atoms. The van der Waals surface area contributed by atoms with Crippen molar-refractivity contribution in [2.24, 2.45) is 0 Å². The van der Waals surface area contributed by atoms with Gasteiger partial charge in [-0.15, -0.1) is 11.3 Å². The lowest BCUT2D eigenvalue weighted by Gasteiger charge is -2.11. The Kier molecular flexibility index (Phi) is 5.23. The van der Waals surface area contributed by atoms with Crippen molar-refractivity contribution in [2.45, 2.75) is 0 Å². The largest absolute Gasteiger partial charge is 0.456 e. The van der Waals surface area contributed by atoms with Crippen LogP contribution in [-0.2, 0) is 0 Å². The lowest BCUT2D eigenvalue weighted by molar-refractivity contribution is 0.669. The molecule has 0 fully saturated rings. The minimum absolute atomic E-state index is 0.620. The molecule has 0 saturated carbocycles. The molecule has 1 aliphatic rings. The summed E-state index contributed by atoms with van der Waals surface area (Å²) >= 11 is 1.80. The molecule has 0 radical (unpaired) electrons. The lowest BCUT2D eigenvalue weighted by Crippen LogP contribution is -2.00. The van der Waals surface area contributed by atoms with Crippen molar-refractivity contribution < 1.29 is 4.42 Å². The standard InChI is InChI=1S/C43H23N3OS/c1-2-11-28-27(10-1)31-14-7-9-24-21-26(22-34(28)39(24)31)42-44-41(25-19-20-30-29-12-4-6-18-37(29)48-38(30)23-25)45-43(46-42)33-15-8-17-36-40(33)32-13-3-5-16-35(32)47-36/h1-23H. The average Bonchev–Trinajstić information content (AvgIpc) is 3.82. The molecule has 0 unspecified atom stereocenters. The number of rotatable bonds is 3. The molecule has 5 heteroatoms. The summed E-state index contributed by atoms with van der Waals surface area (Å²) in [6.45, 7) is 0. The Bertz CT molecular complexity index is 2970. The highest BCUT2D eigenvalue weighted by Crippen LogP contribution is 2.48. The van der Waals surface area contributed by atoms with Gasteiger partial charge in [0.2, 0.25) is 0 Å². The number of nitrogens with zero attached hydrogens (tertiary/aromatic N) is 3. The van der Waals surface area contributed by atoms with E-state index < -0.39 is 0 Å². The third-order valence-electron chi connectivity index (χ3n) is 9.66. The first-order chi connectivity index (χ1) is 23.8. The number of thiophene rings is 1. The number of furan rings is 1. The second-order valence-corrected chi connectivity index (χ2v) is 13.4. The van der Waals surface area contributed by atoms with Crippen molar-refractivity contribution in [3.8, 4) is 56.4 Å². The summed E-state index contributed by atoms with van der Waals surface area (Å²) in [6.07, 6.45) is 0. The van der Waals surface area contributed by atoms with Gasteiger partial charge in [0.25, 0.3) is 0 Å². The van der Waals surface area contributed by atoms with Crippen molar-refractivity contribution in [1.82, 2.24) is 15.0 Å². The molecular weight excluding hydrogens is 607 g/mol. The summed E-state index contributed by atoms with van der Waals surface area (Å²) in [5, 5.41) is 7.02. The maximum Gasteiger partial charge on any atom is 0.164 e. The first kappa shape index (κ1) is 26.0. The molecule has 0 amide bonds. The fraction of sp³-hybridized carbons (Fsp3) is 0. The summed E-state index contributed by atoms with van der Waals surface area (Å²) in [5.41, 5.74) is 9.49. The van der Waals surface area contributed by atoms with Crippen LogP contribution in [0.25, 0.3) is 109 Å². The lowest BCUT2D eigenvalue weighted by atomic mass is 9.99. The zero-order valence-electron chi connectivity index (χ0n) is 25.4. The van der Waals surface area contributed by atoms with Gasteiger partial charge in [0, 0.05) is 47.6 Å². The Balaban J connectivity index is 1.19. The van der Waals surface area contributed by atoms with Crippen LogP contribution in [-0.4, -0.2) is 15.0 Å². The van der Waals surface area contributed by atoms with Crippen LogP contribution in [0.2, 0.25) is 0 Å². The van der Waals surface area contributed by atoms with Crippen LogP contribution in [0.3, 0.4) is 0 Å². The van der Waals surface area contributed by atoms with Gasteiger partial charge in [-0.2, -0.15) is 0 Å². The van der Waals surface area contributed by atoms with Crippen LogP contribution >= 0.6 is 11.3 Å². The van der Waals surface area contributed by atoms with Gasteiger partial charge in [-0.1, -0.05) is 103 Å². The highest BCUT2D eigenvalue weighted by atomic mass is 32.1. The van der Waals surface area contributed by atoms with E-state index in [1.165, 1.54) is 53.2 Å². The summed E-state index contributed by atoms with van der Waals surface area (Å²) in [6, 6.07) is 49.1. The summed E-state index contributed by atoms with van der Waals surface area (Å²) in [4.78, 5) is 15.6. The predicted molar refractivity (Wildman–Crippen MR) is 198 cm³/mol. The van der Waals surface area contributed by atoms with Crippen LogP contribution in [0.15, 0.2) is 144 Å². The Labute approximate surface area is 278 Å². The van der Waals surface area contributed by atoms with Crippen LogP contribution < -0.4 is 0 Å².